The van der Waals surface area contributed by atoms with Gasteiger partial charge in [0, 0.05) is 21.6 Å². The van der Waals surface area contributed by atoms with Crippen molar-refractivity contribution < 1.29 is 0 Å². The van der Waals surface area contributed by atoms with E-state index in [4.69, 9.17) is 5.73 Å². The Kier molecular flexibility index (Phi) is 2.34. The van der Waals surface area contributed by atoms with E-state index in [1.54, 1.807) is 0 Å². The number of nitrogens with two attached hydrogens (primary N) is 1. The minimum atomic E-state index is 0.286. The van der Waals surface area contributed by atoms with Crippen LogP contribution in [0.4, 0.5) is 0 Å². The van der Waals surface area contributed by atoms with Crippen LogP contribution in [0.1, 0.15) is 37.8 Å². The molecule has 1 aromatic rings. The molecule has 2 heteroatoms. The highest BCUT2D eigenvalue weighted by Crippen LogP contribution is 2.51. The Balaban J connectivity index is 1.97. The summed E-state index contributed by atoms with van der Waals surface area (Å²) >= 11 is 2.02. The second kappa shape index (κ2) is 3.51. The van der Waals surface area contributed by atoms with Gasteiger partial charge in [0.15, 0.2) is 0 Å². The average Bonchev–Trinajstić information content (AvgIpc) is 2.95. The fourth-order valence-electron chi connectivity index (χ4n) is 2.85. The van der Waals surface area contributed by atoms with Crippen molar-refractivity contribution in [2.75, 3.05) is 0 Å². The molecule has 2 N–H and O–H groups in total. The molecule has 1 aromatic carbocycles. The minimum absolute atomic E-state index is 0.286. The number of thioether (sulfide) groups is 1. The molecule has 1 aliphatic heterocycles. The molecule has 1 fully saturated rings. The normalized spacial score (nSPS) is 27.6. The quantitative estimate of drug-likeness (QED) is 0.849. The van der Waals surface area contributed by atoms with Crippen molar-refractivity contribution in [1.82, 2.24) is 0 Å². The maximum atomic E-state index is 6.13. The first-order valence-electron chi connectivity index (χ1n) is 6.17. The third kappa shape index (κ3) is 1.51. The first-order valence-corrected chi connectivity index (χ1v) is 7.05. The van der Waals surface area contributed by atoms with Gasteiger partial charge in [-0.25, -0.2) is 0 Å². The van der Waals surface area contributed by atoms with Crippen molar-refractivity contribution >= 4 is 11.8 Å². The summed E-state index contributed by atoms with van der Waals surface area (Å²) in [7, 11) is 0. The molecule has 2 aliphatic rings. The van der Waals surface area contributed by atoms with Gasteiger partial charge >= 0.3 is 0 Å². The molecule has 2 unspecified atom stereocenters. The molecule has 86 valence electrons. The van der Waals surface area contributed by atoms with Crippen LogP contribution in [0.5, 0.6) is 0 Å². The van der Waals surface area contributed by atoms with E-state index in [-0.39, 0.29) is 6.04 Å². The second-order valence-corrected chi connectivity index (χ2v) is 6.88. The van der Waals surface area contributed by atoms with E-state index in [1.807, 2.05) is 11.8 Å². The molecule has 0 radical (unpaired) electrons. The Hall–Kier alpha value is -0.470. The lowest BCUT2D eigenvalue weighted by Gasteiger charge is -2.20. The van der Waals surface area contributed by atoms with Crippen molar-refractivity contribution in [3.05, 3.63) is 29.3 Å². The summed E-state index contributed by atoms with van der Waals surface area (Å²) in [5, 5.41) is 0.746. The molecule has 0 amide bonds. The number of hydrogen-bond acceptors (Lipinski definition) is 2. The van der Waals surface area contributed by atoms with Crippen LogP contribution >= 0.6 is 11.8 Å². The van der Waals surface area contributed by atoms with E-state index >= 15 is 0 Å². The van der Waals surface area contributed by atoms with Gasteiger partial charge in [-0.1, -0.05) is 19.1 Å². The molecular weight excluding hydrogens is 214 g/mol. The summed E-state index contributed by atoms with van der Waals surface area (Å²) in [6.45, 7) is 4.46. The van der Waals surface area contributed by atoms with Crippen molar-refractivity contribution in [1.29, 1.82) is 0 Å². The molecule has 16 heavy (non-hydrogen) atoms. The maximum Gasteiger partial charge on any atom is 0.0110 e. The summed E-state index contributed by atoms with van der Waals surface area (Å²) < 4.78 is 0. The van der Waals surface area contributed by atoms with Crippen molar-refractivity contribution in [3.63, 3.8) is 0 Å². The van der Waals surface area contributed by atoms with Crippen LogP contribution in [0.15, 0.2) is 23.1 Å². The van der Waals surface area contributed by atoms with Crippen molar-refractivity contribution in [3.8, 4) is 0 Å². The van der Waals surface area contributed by atoms with E-state index in [9.17, 15) is 0 Å². The molecule has 3 rings (SSSR count). The largest absolute Gasteiger partial charge is 0.327 e. The van der Waals surface area contributed by atoms with E-state index in [2.05, 4.69) is 32.0 Å². The predicted molar refractivity (Wildman–Crippen MR) is 70.0 cm³/mol. The van der Waals surface area contributed by atoms with Gasteiger partial charge < -0.3 is 5.73 Å². The molecule has 0 saturated heterocycles. The maximum absolute atomic E-state index is 6.13. The van der Waals surface area contributed by atoms with E-state index in [0.717, 1.165) is 5.25 Å². The summed E-state index contributed by atoms with van der Waals surface area (Å²) in [5.41, 5.74) is 9.44. The molecule has 0 bridgehead atoms. The summed E-state index contributed by atoms with van der Waals surface area (Å²) in [6.07, 6.45) is 3.76. The highest BCUT2D eigenvalue weighted by Gasteiger charge is 2.47. The number of fused-ring (bicyclic) bond motifs is 1. The standard InChI is InChI=1S/C14H19NS/c1-9-7-11-3-4-12(8-13(11)16-9)14(5-6-14)10(2)15/h3-4,8-10H,5-7,15H2,1-2H3. The van der Waals surface area contributed by atoms with Crippen LogP contribution in [-0.4, -0.2) is 11.3 Å². The zero-order valence-corrected chi connectivity index (χ0v) is 10.8. The zero-order chi connectivity index (χ0) is 11.3. The molecular formula is C14H19NS. The lowest BCUT2D eigenvalue weighted by molar-refractivity contribution is 0.555. The molecule has 0 spiro atoms. The fourth-order valence-corrected chi connectivity index (χ4v) is 4.05. The molecule has 1 heterocycles. The van der Waals surface area contributed by atoms with Gasteiger partial charge in [-0.2, -0.15) is 0 Å². The number of rotatable bonds is 2. The van der Waals surface area contributed by atoms with Gasteiger partial charge in [0.25, 0.3) is 0 Å². The lowest BCUT2D eigenvalue weighted by atomic mass is 9.89. The molecule has 2 atom stereocenters. The van der Waals surface area contributed by atoms with E-state index in [1.165, 1.54) is 35.3 Å². The molecule has 1 saturated carbocycles. The Morgan fingerprint density at radius 1 is 1.44 bits per heavy atom. The highest BCUT2D eigenvalue weighted by atomic mass is 32.2. The van der Waals surface area contributed by atoms with Gasteiger partial charge in [-0.15, -0.1) is 11.8 Å². The van der Waals surface area contributed by atoms with Crippen LogP contribution in [0.3, 0.4) is 0 Å². The Morgan fingerprint density at radius 2 is 2.19 bits per heavy atom. The molecule has 0 aromatic heterocycles. The monoisotopic (exact) mass is 233 g/mol. The van der Waals surface area contributed by atoms with Crippen LogP contribution in [0.2, 0.25) is 0 Å². The predicted octanol–water partition coefficient (Wildman–Crippen LogP) is 3.10. The van der Waals surface area contributed by atoms with Crippen molar-refractivity contribution in [2.24, 2.45) is 5.73 Å². The average molecular weight is 233 g/mol. The zero-order valence-electron chi connectivity index (χ0n) is 9.99. The first-order chi connectivity index (χ1) is 7.62. The second-order valence-electron chi connectivity index (χ2n) is 5.40. The van der Waals surface area contributed by atoms with E-state index < -0.39 is 0 Å². The van der Waals surface area contributed by atoms with Crippen molar-refractivity contribution in [2.45, 2.75) is 54.7 Å². The van der Waals surface area contributed by atoms with Gasteiger partial charge in [-0.05, 0) is 43.4 Å². The molecule has 1 aliphatic carbocycles. The van der Waals surface area contributed by atoms with Crippen LogP contribution in [0, 0.1) is 0 Å². The number of benzene rings is 1. The minimum Gasteiger partial charge on any atom is -0.327 e. The van der Waals surface area contributed by atoms with Gasteiger partial charge in [-0.3, -0.25) is 0 Å². The SMILES string of the molecule is CC1Cc2ccc(C3(C(C)N)CC3)cc2S1. The van der Waals surface area contributed by atoms with Crippen LogP contribution in [-0.2, 0) is 11.8 Å². The Morgan fingerprint density at radius 3 is 2.81 bits per heavy atom. The smallest absolute Gasteiger partial charge is 0.0110 e. The highest BCUT2D eigenvalue weighted by molar-refractivity contribution is 8.00. The topological polar surface area (TPSA) is 26.0 Å². The lowest BCUT2D eigenvalue weighted by Crippen LogP contribution is -2.31. The summed E-state index contributed by atoms with van der Waals surface area (Å²) in [6, 6.07) is 7.33. The Labute approximate surface area is 102 Å². The fraction of sp³-hybridized carbons (Fsp3) is 0.571. The van der Waals surface area contributed by atoms with Crippen LogP contribution in [0.25, 0.3) is 0 Å². The summed E-state index contributed by atoms with van der Waals surface area (Å²) in [4.78, 5) is 1.50. The summed E-state index contributed by atoms with van der Waals surface area (Å²) in [5.74, 6) is 0. The van der Waals surface area contributed by atoms with Gasteiger partial charge in [0.2, 0.25) is 0 Å². The van der Waals surface area contributed by atoms with Gasteiger partial charge in [0.05, 0.1) is 0 Å². The Bertz CT molecular complexity index is 421. The third-order valence-corrected chi connectivity index (χ3v) is 5.34. The first kappa shape index (κ1) is 10.7. The van der Waals surface area contributed by atoms with Gasteiger partial charge in [0.1, 0.15) is 0 Å². The third-order valence-electron chi connectivity index (χ3n) is 4.14. The molecule has 1 nitrogen and oxygen atoms in total. The van der Waals surface area contributed by atoms with Crippen LogP contribution < -0.4 is 5.73 Å². The number of hydrogen-bond donors (Lipinski definition) is 1. The van der Waals surface area contributed by atoms with E-state index in [0.29, 0.717) is 5.41 Å².